The Balaban J connectivity index is 2.10. The van der Waals surface area contributed by atoms with Crippen molar-refractivity contribution in [3.05, 3.63) is 69.7 Å². The fourth-order valence-corrected chi connectivity index (χ4v) is 3.09. The van der Waals surface area contributed by atoms with Crippen LogP contribution in [-0.2, 0) is 6.42 Å². The van der Waals surface area contributed by atoms with Crippen molar-refractivity contribution in [2.75, 3.05) is 0 Å². The van der Waals surface area contributed by atoms with E-state index in [0.717, 1.165) is 11.4 Å². The molecule has 0 saturated carbocycles. The highest BCUT2D eigenvalue weighted by Crippen LogP contribution is 2.32. The molecule has 1 heterocycles. The molecule has 0 saturated heterocycles. The van der Waals surface area contributed by atoms with Gasteiger partial charge in [0.2, 0.25) is 0 Å². The quantitative estimate of drug-likeness (QED) is 0.817. The van der Waals surface area contributed by atoms with Crippen LogP contribution in [0, 0.1) is 6.92 Å². The zero-order valence-electron chi connectivity index (χ0n) is 11.3. The molecule has 98 valence electrons. The molecule has 1 aliphatic rings. The van der Waals surface area contributed by atoms with E-state index in [9.17, 15) is 0 Å². The molecule has 0 aromatic heterocycles. The number of hydrogen-bond acceptors (Lipinski definition) is 1. The summed E-state index contributed by atoms with van der Waals surface area (Å²) in [5.41, 5.74) is 5.33. The predicted octanol–water partition coefficient (Wildman–Crippen LogP) is 4.27. The van der Waals surface area contributed by atoms with Crippen molar-refractivity contribution in [3.63, 3.8) is 0 Å². The Morgan fingerprint density at radius 1 is 1.16 bits per heavy atom. The van der Waals surface area contributed by atoms with E-state index in [1.165, 1.54) is 22.3 Å². The van der Waals surface area contributed by atoms with Crippen molar-refractivity contribution in [3.8, 4) is 0 Å². The molecule has 0 bridgehead atoms. The third kappa shape index (κ3) is 2.54. The molecule has 19 heavy (non-hydrogen) atoms. The zero-order valence-corrected chi connectivity index (χ0v) is 12.0. The van der Waals surface area contributed by atoms with Crippen LogP contribution in [0.25, 0.3) is 0 Å². The van der Waals surface area contributed by atoms with Gasteiger partial charge in [-0.1, -0.05) is 47.5 Å². The van der Waals surface area contributed by atoms with Crippen molar-refractivity contribution < 1.29 is 0 Å². The summed E-state index contributed by atoms with van der Waals surface area (Å²) in [4.78, 5) is 0. The minimum absolute atomic E-state index is 0.248. The van der Waals surface area contributed by atoms with Crippen LogP contribution in [0.15, 0.2) is 42.5 Å². The average Bonchev–Trinajstić information content (AvgIpc) is 2.38. The van der Waals surface area contributed by atoms with Crippen molar-refractivity contribution in [2.24, 2.45) is 0 Å². The zero-order chi connectivity index (χ0) is 13.4. The first-order valence-electron chi connectivity index (χ1n) is 6.74. The Labute approximate surface area is 119 Å². The minimum Gasteiger partial charge on any atom is -0.303 e. The van der Waals surface area contributed by atoms with Gasteiger partial charge in [0.25, 0.3) is 0 Å². The van der Waals surface area contributed by atoms with E-state index < -0.39 is 0 Å². The van der Waals surface area contributed by atoms with Crippen LogP contribution in [0.5, 0.6) is 0 Å². The Morgan fingerprint density at radius 3 is 2.79 bits per heavy atom. The van der Waals surface area contributed by atoms with E-state index in [-0.39, 0.29) is 6.04 Å². The number of halogens is 1. The molecule has 3 rings (SSSR count). The van der Waals surface area contributed by atoms with Gasteiger partial charge in [-0.3, -0.25) is 0 Å². The summed E-state index contributed by atoms with van der Waals surface area (Å²) in [6.07, 6.45) is 1.06. The Morgan fingerprint density at radius 2 is 2.00 bits per heavy atom. The lowest BCUT2D eigenvalue weighted by atomic mass is 9.87. The molecule has 0 spiro atoms. The highest BCUT2D eigenvalue weighted by molar-refractivity contribution is 6.30. The molecule has 2 atom stereocenters. The number of aryl methyl sites for hydroxylation is 1. The first-order chi connectivity index (χ1) is 9.13. The van der Waals surface area contributed by atoms with Crippen molar-refractivity contribution in [1.82, 2.24) is 5.32 Å². The SMILES string of the molecule is Cc1cccc(C2NC(C)Cc3ccc(Cl)cc32)c1. The Kier molecular flexibility index (Phi) is 3.34. The highest BCUT2D eigenvalue weighted by atomic mass is 35.5. The van der Waals surface area contributed by atoms with Gasteiger partial charge in [0.15, 0.2) is 0 Å². The van der Waals surface area contributed by atoms with Crippen LogP contribution in [0.3, 0.4) is 0 Å². The predicted molar refractivity (Wildman–Crippen MR) is 80.8 cm³/mol. The number of fused-ring (bicyclic) bond motifs is 1. The topological polar surface area (TPSA) is 12.0 Å². The second kappa shape index (κ2) is 4.99. The summed E-state index contributed by atoms with van der Waals surface area (Å²) < 4.78 is 0. The van der Waals surface area contributed by atoms with E-state index in [2.05, 4.69) is 55.6 Å². The van der Waals surface area contributed by atoms with Crippen LogP contribution in [0.2, 0.25) is 5.02 Å². The van der Waals surface area contributed by atoms with Gasteiger partial charge in [-0.15, -0.1) is 0 Å². The molecule has 2 heteroatoms. The maximum Gasteiger partial charge on any atom is 0.0582 e. The summed E-state index contributed by atoms with van der Waals surface area (Å²) in [5, 5.41) is 4.50. The van der Waals surface area contributed by atoms with Crippen molar-refractivity contribution >= 4 is 11.6 Å². The fraction of sp³-hybridized carbons (Fsp3) is 0.294. The van der Waals surface area contributed by atoms with Crippen LogP contribution < -0.4 is 5.32 Å². The third-order valence-electron chi connectivity index (χ3n) is 3.77. The molecule has 0 radical (unpaired) electrons. The smallest absolute Gasteiger partial charge is 0.0582 e. The fourth-order valence-electron chi connectivity index (χ4n) is 2.91. The van der Waals surface area contributed by atoms with Gasteiger partial charge in [-0.05, 0) is 49.1 Å². The van der Waals surface area contributed by atoms with E-state index in [0.29, 0.717) is 6.04 Å². The lowest BCUT2D eigenvalue weighted by Crippen LogP contribution is -2.37. The van der Waals surface area contributed by atoms with E-state index >= 15 is 0 Å². The van der Waals surface area contributed by atoms with Crippen LogP contribution in [-0.4, -0.2) is 6.04 Å². The molecule has 2 aromatic carbocycles. The molecule has 0 fully saturated rings. The molecule has 2 unspecified atom stereocenters. The second-order valence-electron chi connectivity index (χ2n) is 5.46. The van der Waals surface area contributed by atoms with Gasteiger partial charge in [0, 0.05) is 11.1 Å². The first kappa shape index (κ1) is 12.7. The largest absolute Gasteiger partial charge is 0.303 e. The van der Waals surface area contributed by atoms with Gasteiger partial charge in [0.1, 0.15) is 0 Å². The second-order valence-corrected chi connectivity index (χ2v) is 5.90. The van der Waals surface area contributed by atoms with Crippen molar-refractivity contribution in [1.29, 1.82) is 0 Å². The normalized spacial score (nSPS) is 22.1. The van der Waals surface area contributed by atoms with E-state index in [1.54, 1.807) is 0 Å². The molecular weight excluding hydrogens is 254 g/mol. The molecule has 1 N–H and O–H groups in total. The van der Waals surface area contributed by atoms with Gasteiger partial charge >= 0.3 is 0 Å². The monoisotopic (exact) mass is 271 g/mol. The summed E-state index contributed by atoms with van der Waals surface area (Å²) in [5.74, 6) is 0. The van der Waals surface area contributed by atoms with E-state index in [4.69, 9.17) is 11.6 Å². The molecule has 1 aliphatic heterocycles. The van der Waals surface area contributed by atoms with Gasteiger partial charge in [-0.2, -0.15) is 0 Å². The lowest BCUT2D eigenvalue weighted by molar-refractivity contribution is 0.464. The van der Waals surface area contributed by atoms with Crippen LogP contribution >= 0.6 is 11.6 Å². The number of nitrogens with one attached hydrogen (secondary N) is 1. The minimum atomic E-state index is 0.248. The maximum absolute atomic E-state index is 6.17. The number of hydrogen-bond donors (Lipinski definition) is 1. The Hall–Kier alpha value is -1.31. The van der Waals surface area contributed by atoms with Gasteiger partial charge < -0.3 is 5.32 Å². The maximum atomic E-state index is 6.17. The van der Waals surface area contributed by atoms with Crippen LogP contribution in [0.4, 0.5) is 0 Å². The summed E-state index contributed by atoms with van der Waals surface area (Å²) in [6.45, 7) is 4.37. The summed E-state index contributed by atoms with van der Waals surface area (Å²) >= 11 is 6.17. The molecule has 0 aliphatic carbocycles. The Bertz CT molecular complexity index is 606. The third-order valence-corrected chi connectivity index (χ3v) is 4.01. The number of benzene rings is 2. The average molecular weight is 272 g/mol. The molecule has 2 aromatic rings. The molecular formula is C17H18ClN. The standard InChI is InChI=1S/C17H18ClN/c1-11-4-3-5-14(8-11)17-16-10-15(18)7-6-13(16)9-12(2)19-17/h3-8,10,12,17,19H,9H2,1-2H3. The summed E-state index contributed by atoms with van der Waals surface area (Å²) in [7, 11) is 0. The molecule has 0 amide bonds. The molecule has 1 nitrogen and oxygen atoms in total. The van der Waals surface area contributed by atoms with Gasteiger partial charge in [0.05, 0.1) is 6.04 Å². The summed E-state index contributed by atoms with van der Waals surface area (Å²) in [6, 6.07) is 15.7. The lowest BCUT2D eigenvalue weighted by Gasteiger charge is -2.32. The van der Waals surface area contributed by atoms with E-state index in [1.807, 2.05) is 6.07 Å². The number of rotatable bonds is 1. The van der Waals surface area contributed by atoms with Gasteiger partial charge in [-0.25, -0.2) is 0 Å². The highest BCUT2D eigenvalue weighted by Gasteiger charge is 2.25. The van der Waals surface area contributed by atoms with Crippen molar-refractivity contribution in [2.45, 2.75) is 32.4 Å². The van der Waals surface area contributed by atoms with Crippen LogP contribution in [0.1, 0.15) is 35.2 Å². The first-order valence-corrected chi connectivity index (χ1v) is 7.12.